The van der Waals surface area contributed by atoms with E-state index in [2.05, 4.69) is 13.5 Å². The summed E-state index contributed by atoms with van der Waals surface area (Å²) in [7, 11) is 1.70. The molecule has 2 atom stereocenters. The summed E-state index contributed by atoms with van der Waals surface area (Å²) < 4.78 is 5.17. The Balaban J connectivity index is 2.90. The second-order valence-electron chi connectivity index (χ2n) is 4.88. The number of ketones is 1. The normalized spacial score (nSPS) is 23.5. The van der Waals surface area contributed by atoms with E-state index >= 15 is 0 Å². The molecule has 90 valence electrons. The fraction of sp³-hybridized carbons (Fsp3) is 0.643. The van der Waals surface area contributed by atoms with E-state index in [-0.39, 0.29) is 5.78 Å². The topological polar surface area (TPSA) is 26.3 Å². The van der Waals surface area contributed by atoms with E-state index in [1.165, 1.54) is 5.57 Å². The third-order valence-corrected chi connectivity index (χ3v) is 3.51. The summed E-state index contributed by atoms with van der Waals surface area (Å²) in [6.45, 7) is 10.7. The maximum Gasteiger partial charge on any atom is 0.159 e. The predicted molar refractivity (Wildman–Crippen MR) is 66.3 cm³/mol. The zero-order valence-corrected chi connectivity index (χ0v) is 10.8. The van der Waals surface area contributed by atoms with Gasteiger partial charge in [-0.3, -0.25) is 4.79 Å². The molecular weight excluding hydrogens is 200 g/mol. The Hall–Kier alpha value is -0.890. The number of carbonyl (C=O) groups excluding carboxylic acids is 1. The van der Waals surface area contributed by atoms with Gasteiger partial charge in [0.25, 0.3) is 0 Å². The molecule has 0 spiro atoms. The van der Waals surface area contributed by atoms with Gasteiger partial charge < -0.3 is 4.74 Å². The number of allylic oxidation sites excluding steroid dienone is 2. The minimum Gasteiger partial charge on any atom is -0.384 e. The molecule has 1 aliphatic rings. The Morgan fingerprint density at radius 2 is 2.19 bits per heavy atom. The van der Waals surface area contributed by atoms with Crippen LogP contribution in [0.2, 0.25) is 0 Å². The quantitative estimate of drug-likeness (QED) is 0.683. The van der Waals surface area contributed by atoms with E-state index in [4.69, 9.17) is 4.74 Å². The van der Waals surface area contributed by atoms with Crippen LogP contribution >= 0.6 is 0 Å². The lowest BCUT2D eigenvalue weighted by molar-refractivity contribution is -0.116. The predicted octanol–water partition coefficient (Wildman–Crippen LogP) is 3.14. The maximum absolute atomic E-state index is 11.9. The number of Topliss-reactive ketones (excluding diaryl/α,β-unsaturated/α-hetero) is 1. The minimum absolute atomic E-state index is 0.275. The van der Waals surface area contributed by atoms with Gasteiger partial charge in [-0.1, -0.05) is 24.6 Å². The first-order valence-electron chi connectivity index (χ1n) is 5.84. The molecule has 0 aromatic carbocycles. The van der Waals surface area contributed by atoms with E-state index in [0.717, 1.165) is 17.6 Å². The molecule has 1 rings (SSSR count). The van der Waals surface area contributed by atoms with E-state index in [1.54, 1.807) is 7.11 Å². The summed E-state index contributed by atoms with van der Waals surface area (Å²) in [5.74, 6) is 0.929. The number of carbonyl (C=O) groups is 1. The van der Waals surface area contributed by atoms with Crippen molar-refractivity contribution in [2.75, 3.05) is 13.7 Å². The smallest absolute Gasteiger partial charge is 0.159 e. The minimum atomic E-state index is 0.275. The van der Waals surface area contributed by atoms with Crippen LogP contribution in [0.25, 0.3) is 0 Å². The first kappa shape index (κ1) is 13.2. The summed E-state index contributed by atoms with van der Waals surface area (Å²) in [6, 6.07) is 0. The molecule has 1 aliphatic carbocycles. The molecular formula is C14H22O2. The highest BCUT2D eigenvalue weighted by atomic mass is 16.5. The number of methoxy groups -OCH3 is 1. The average Bonchev–Trinajstić information content (AvgIpc) is 2.21. The number of ether oxygens (including phenoxy) is 1. The van der Waals surface area contributed by atoms with Gasteiger partial charge in [0.1, 0.15) is 0 Å². The summed E-state index contributed by atoms with van der Waals surface area (Å²) >= 11 is 0. The van der Waals surface area contributed by atoms with Crippen LogP contribution in [0.5, 0.6) is 0 Å². The van der Waals surface area contributed by atoms with Gasteiger partial charge in [0.05, 0.1) is 6.61 Å². The molecule has 0 N–H and O–H groups in total. The van der Waals surface area contributed by atoms with Crippen molar-refractivity contribution in [3.05, 3.63) is 23.3 Å². The molecule has 0 saturated heterocycles. The van der Waals surface area contributed by atoms with Gasteiger partial charge in [0.15, 0.2) is 5.78 Å². The van der Waals surface area contributed by atoms with Crippen LogP contribution in [0, 0.1) is 11.8 Å². The largest absolute Gasteiger partial charge is 0.384 e. The van der Waals surface area contributed by atoms with Crippen molar-refractivity contribution < 1.29 is 9.53 Å². The molecule has 0 aliphatic heterocycles. The van der Waals surface area contributed by atoms with Crippen molar-refractivity contribution in [2.24, 2.45) is 11.8 Å². The Bertz CT molecular complexity index is 326. The summed E-state index contributed by atoms with van der Waals surface area (Å²) in [5.41, 5.74) is 3.32. The zero-order valence-electron chi connectivity index (χ0n) is 10.8. The summed E-state index contributed by atoms with van der Waals surface area (Å²) in [5, 5.41) is 0. The van der Waals surface area contributed by atoms with Crippen LogP contribution in [0.4, 0.5) is 0 Å². The third-order valence-electron chi connectivity index (χ3n) is 3.51. The lowest BCUT2D eigenvalue weighted by Crippen LogP contribution is -2.23. The maximum atomic E-state index is 11.9. The lowest BCUT2D eigenvalue weighted by Gasteiger charge is -2.28. The number of hydrogen-bond donors (Lipinski definition) is 0. The van der Waals surface area contributed by atoms with E-state index in [9.17, 15) is 4.79 Å². The molecule has 0 fully saturated rings. The molecule has 16 heavy (non-hydrogen) atoms. The van der Waals surface area contributed by atoms with Crippen molar-refractivity contribution in [1.82, 2.24) is 0 Å². The van der Waals surface area contributed by atoms with E-state index in [0.29, 0.717) is 24.9 Å². The third kappa shape index (κ3) is 2.82. The summed E-state index contributed by atoms with van der Waals surface area (Å²) in [4.78, 5) is 11.9. The van der Waals surface area contributed by atoms with Crippen molar-refractivity contribution in [3.8, 4) is 0 Å². The molecule has 0 aromatic rings. The molecule has 2 heteroatoms. The summed E-state index contributed by atoms with van der Waals surface area (Å²) in [6.07, 6.45) is 1.60. The van der Waals surface area contributed by atoms with Crippen LogP contribution in [-0.2, 0) is 9.53 Å². The molecule has 2 unspecified atom stereocenters. The monoisotopic (exact) mass is 222 g/mol. The highest BCUT2D eigenvalue weighted by Crippen LogP contribution is 2.34. The SMILES string of the molecule is C=C(C)C1CC(=O)C(C)=C(C(C)COC)C1. The first-order valence-corrected chi connectivity index (χ1v) is 5.84. The Kier molecular flexibility index (Phi) is 4.48. The van der Waals surface area contributed by atoms with E-state index < -0.39 is 0 Å². The van der Waals surface area contributed by atoms with Gasteiger partial charge >= 0.3 is 0 Å². The highest BCUT2D eigenvalue weighted by Gasteiger charge is 2.27. The molecule has 0 heterocycles. The van der Waals surface area contributed by atoms with Crippen molar-refractivity contribution in [1.29, 1.82) is 0 Å². The van der Waals surface area contributed by atoms with Crippen LogP contribution in [0.15, 0.2) is 23.3 Å². The van der Waals surface area contributed by atoms with Crippen LogP contribution < -0.4 is 0 Å². The second-order valence-corrected chi connectivity index (χ2v) is 4.88. The Morgan fingerprint density at radius 3 is 2.69 bits per heavy atom. The first-order chi connectivity index (χ1) is 7.47. The van der Waals surface area contributed by atoms with Crippen LogP contribution in [0.3, 0.4) is 0 Å². The lowest BCUT2D eigenvalue weighted by atomic mass is 9.76. The second kappa shape index (κ2) is 5.44. The van der Waals surface area contributed by atoms with Gasteiger partial charge in [0.2, 0.25) is 0 Å². The van der Waals surface area contributed by atoms with Gasteiger partial charge in [-0.25, -0.2) is 0 Å². The number of hydrogen-bond acceptors (Lipinski definition) is 2. The van der Waals surface area contributed by atoms with Gasteiger partial charge in [-0.05, 0) is 31.8 Å². The molecule has 0 bridgehead atoms. The van der Waals surface area contributed by atoms with Crippen molar-refractivity contribution in [3.63, 3.8) is 0 Å². The molecule has 0 radical (unpaired) electrons. The van der Waals surface area contributed by atoms with Crippen molar-refractivity contribution in [2.45, 2.75) is 33.6 Å². The van der Waals surface area contributed by atoms with Crippen molar-refractivity contribution >= 4 is 5.78 Å². The standard InChI is InChI=1S/C14H22O2/c1-9(2)12-6-13(10(3)8-16-5)11(4)14(15)7-12/h10,12H,1,6-8H2,2-5H3. The number of rotatable bonds is 4. The highest BCUT2D eigenvalue weighted by molar-refractivity contribution is 5.96. The van der Waals surface area contributed by atoms with E-state index in [1.807, 2.05) is 13.8 Å². The zero-order chi connectivity index (χ0) is 12.3. The molecule has 0 saturated carbocycles. The van der Waals surface area contributed by atoms with Gasteiger partial charge in [-0.2, -0.15) is 0 Å². The fourth-order valence-electron chi connectivity index (χ4n) is 2.32. The van der Waals surface area contributed by atoms with Gasteiger partial charge in [-0.15, -0.1) is 0 Å². The molecule has 0 aromatic heterocycles. The molecule has 0 amide bonds. The fourth-order valence-corrected chi connectivity index (χ4v) is 2.32. The molecule has 2 nitrogen and oxygen atoms in total. The van der Waals surface area contributed by atoms with Crippen LogP contribution in [0.1, 0.15) is 33.6 Å². The average molecular weight is 222 g/mol. The Morgan fingerprint density at radius 1 is 1.56 bits per heavy atom. The van der Waals surface area contributed by atoms with Crippen LogP contribution in [-0.4, -0.2) is 19.5 Å². The Labute approximate surface area is 98.4 Å². The van der Waals surface area contributed by atoms with Gasteiger partial charge in [0, 0.05) is 19.4 Å².